The lowest BCUT2D eigenvalue weighted by atomic mass is 10.2. The van der Waals surface area contributed by atoms with Gasteiger partial charge in [0.25, 0.3) is 0 Å². The number of carbonyl (C=O) groups is 1. The molecule has 0 saturated carbocycles. The van der Waals surface area contributed by atoms with Crippen LogP contribution in [0.1, 0.15) is 13.8 Å². The van der Waals surface area contributed by atoms with Crippen LogP contribution in [0.4, 0.5) is 0 Å². The minimum absolute atomic E-state index is 0.154. The molecule has 0 saturated heterocycles. The van der Waals surface area contributed by atoms with E-state index < -0.39 is 0 Å². The molecular formula is C6H9N3O2. The van der Waals surface area contributed by atoms with E-state index >= 15 is 0 Å². The summed E-state index contributed by atoms with van der Waals surface area (Å²) >= 11 is 0. The SMILES string of the molecule is CC(C)C(=O)On1ccnn1. The van der Waals surface area contributed by atoms with Gasteiger partial charge in [-0.1, -0.05) is 18.7 Å². The van der Waals surface area contributed by atoms with Gasteiger partial charge in [-0.25, -0.2) is 4.79 Å². The topological polar surface area (TPSA) is 57.0 Å². The molecule has 60 valence electrons. The van der Waals surface area contributed by atoms with Crippen molar-refractivity contribution in [2.45, 2.75) is 13.8 Å². The van der Waals surface area contributed by atoms with Crippen molar-refractivity contribution in [1.29, 1.82) is 0 Å². The van der Waals surface area contributed by atoms with Crippen LogP contribution in [0.3, 0.4) is 0 Å². The molecule has 1 aromatic heterocycles. The molecule has 5 nitrogen and oxygen atoms in total. The lowest BCUT2D eigenvalue weighted by molar-refractivity contribution is -0.149. The van der Waals surface area contributed by atoms with Gasteiger partial charge in [0.1, 0.15) is 0 Å². The summed E-state index contributed by atoms with van der Waals surface area (Å²) in [5.41, 5.74) is 0. The molecule has 5 heteroatoms. The average Bonchev–Trinajstić information content (AvgIpc) is 2.39. The molecule has 0 radical (unpaired) electrons. The normalized spacial score (nSPS) is 10.1. The lowest BCUT2D eigenvalue weighted by Gasteiger charge is -2.02. The molecule has 0 aliphatic rings. The summed E-state index contributed by atoms with van der Waals surface area (Å²) in [7, 11) is 0. The zero-order chi connectivity index (χ0) is 8.27. The third-order valence-corrected chi connectivity index (χ3v) is 1.06. The summed E-state index contributed by atoms with van der Waals surface area (Å²) in [5, 5.41) is 6.93. The van der Waals surface area contributed by atoms with Gasteiger partial charge in [0.15, 0.2) is 0 Å². The first-order valence-corrected chi connectivity index (χ1v) is 3.28. The highest BCUT2D eigenvalue weighted by atomic mass is 16.7. The van der Waals surface area contributed by atoms with Crippen LogP contribution < -0.4 is 4.84 Å². The number of hydrogen-bond donors (Lipinski definition) is 0. The van der Waals surface area contributed by atoms with Gasteiger partial charge in [-0.05, 0) is 5.21 Å². The van der Waals surface area contributed by atoms with Crippen molar-refractivity contribution in [2.24, 2.45) is 5.92 Å². The number of carbonyl (C=O) groups excluding carboxylic acids is 1. The van der Waals surface area contributed by atoms with Crippen molar-refractivity contribution in [2.75, 3.05) is 0 Å². The first kappa shape index (κ1) is 7.71. The highest BCUT2D eigenvalue weighted by Crippen LogP contribution is 1.91. The molecule has 1 rings (SSSR count). The molecule has 11 heavy (non-hydrogen) atoms. The van der Waals surface area contributed by atoms with E-state index in [9.17, 15) is 4.79 Å². The quantitative estimate of drug-likeness (QED) is 0.559. The molecule has 0 aliphatic heterocycles. The Morgan fingerprint density at radius 2 is 2.36 bits per heavy atom. The summed E-state index contributed by atoms with van der Waals surface area (Å²) in [6.45, 7) is 3.50. The van der Waals surface area contributed by atoms with Gasteiger partial charge < -0.3 is 4.84 Å². The molecule has 0 fully saturated rings. The first-order valence-electron chi connectivity index (χ1n) is 3.28. The van der Waals surface area contributed by atoms with Crippen LogP contribution in [0.2, 0.25) is 0 Å². The summed E-state index contributed by atoms with van der Waals surface area (Å²) < 4.78 is 0. The Bertz CT molecular complexity index is 230. The Balaban J connectivity index is 2.50. The van der Waals surface area contributed by atoms with Crippen LogP contribution in [-0.2, 0) is 4.79 Å². The number of nitrogens with zero attached hydrogens (tertiary/aromatic N) is 3. The molecule has 0 N–H and O–H groups in total. The van der Waals surface area contributed by atoms with E-state index in [1.807, 2.05) is 0 Å². The summed E-state index contributed by atoms with van der Waals surface area (Å²) in [5.74, 6) is -0.477. The molecule has 0 unspecified atom stereocenters. The van der Waals surface area contributed by atoms with Gasteiger partial charge in [0.2, 0.25) is 0 Å². The van der Waals surface area contributed by atoms with E-state index in [-0.39, 0.29) is 11.9 Å². The number of hydrogen-bond acceptors (Lipinski definition) is 4. The second-order valence-electron chi connectivity index (χ2n) is 2.37. The third kappa shape index (κ3) is 2.03. The van der Waals surface area contributed by atoms with Crippen molar-refractivity contribution in [3.8, 4) is 0 Å². The lowest BCUT2D eigenvalue weighted by Crippen LogP contribution is -2.24. The summed E-state index contributed by atoms with van der Waals surface area (Å²) in [6.07, 6.45) is 2.90. The molecule has 0 amide bonds. The monoisotopic (exact) mass is 155 g/mol. The fourth-order valence-corrected chi connectivity index (χ4v) is 0.444. The second kappa shape index (κ2) is 3.14. The van der Waals surface area contributed by atoms with Crippen molar-refractivity contribution in [3.63, 3.8) is 0 Å². The minimum Gasteiger partial charge on any atom is -0.318 e. The van der Waals surface area contributed by atoms with E-state index in [0.29, 0.717) is 0 Å². The van der Waals surface area contributed by atoms with Crippen molar-refractivity contribution in [3.05, 3.63) is 12.4 Å². The molecular weight excluding hydrogens is 146 g/mol. The Morgan fingerprint density at radius 1 is 1.64 bits per heavy atom. The second-order valence-corrected chi connectivity index (χ2v) is 2.37. The van der Waals surface area contributed by atoms with Crippen LogP contribution in [-0.4, -0.2) is 21.1 Å². The van der Waals surface area contributed by atoms with Gasteiger partial charge in [0, 0.05) is 0 Å². The van der Waals surface area contributed by atoms with Gasteiger partial charge in [-0.3, -0.25) is 0 Å². The Morgan fingerprint density at radius 3 is 2.82 bits per heavy atom. The summed E-state index contributed by atoms with van der Waals surface area (Å²) in [4.78, 5) is 16.6. The Kier molecular flexibility index (Phi) is 2.20. The highest BCUT2D eigenvalue weighted by Gasteiger charge is 2.09. The smallest absolute Gasteiger partial charge is 0.318 e. The van der Waals surface area contributed by atoms with Crippen molar-refractivity contribution in [1.82, 2.24) is 15.2 Å². The molecule has 0 aromatic carbocycles. The molecule has 1 aromatic rings. The molecule has 0 bridgehead atoms. The summed E-state index contributed by atoms with van der Waals surface area (Å²) in [6, 6.07) is 0. The van der Waals surface area contributed by atoms with E-state index in [4.69, 9.17) is 4.84 Å². The van der Waals surface area contributed by atoms with Crippen LogP contribution in [0.5, 0.6) is 0 Å². The van der Waals surface area contributed by atoms with Gasteiger partial charge >= 0.3 is 5.97 Å². The largest absolute Gasteiger partial charge is 0.337 e. The number of aromatic nitrogens is 3. The zero-order valence-electron chi connectivity index (χ0n) is 6.39. The first-order chi connectivity index (χ1) is 5.20. The van der Waals surface area contributed by atoms with E-state index in [1.54, 1.807) is 13.8 Å². The van der Waals surface area contributed by atoms with Crippen LogP contribution in [0.15, 0.2) is 12.4 Å². The van der Waals surface area contributed by atoms with E-state index in [0.717, 1.165) is 4.85 Å². The fourth-order valence-electron chi connectivity index (χ4n) is 0.444. The van der Waals surface area contributed by atoms with Crippen LogP contribution >= 0.6 is 0 Å². The van der Waals surface area contributed by atoms with Crippen LogP contribution in [0.25, 0.3) is 0 Å². The third-order valence-electron chi connectivity index (χ3n) is 1.06. The average molecular weight is 155 g/mol. The van der Waals surface area contributed by atoms with E-state index in [2.05, 4.69) is 10.3 Å². The molecule has 0 atom stereocenters. The number of rotatable bonds is 2. The van der Waals surface area contributed by atoms with Crippen molar-refractivity contribution < 1.29 is 9.63 Å². The predicted molar refractivity (Wildman–Crippen MR) is 36.4 cm³/mol. The van der Waals surface area contributed by atoms with E-state index in [1.165, 1.54) is 12.4 Å². The maximum atomic E-state index is 10.9. The standard InChI is InChI=1S/C6H9N3O2/c1-5(2)6(10)11-9-4-3-7-8-9/h3-5H,1-2H3. The van der Waals surface area contributed by atoms with Gasteiger partial charge in [-0.15, -0.1) is 5.10 Å². The minimum atomic E-state index is -0.324. The predicted octanol–water partition coefficient (Wildman–Crippen LogP) is -0.111. The van der Waals surface area contributed by atoms with Crippen molar-refractivity contribution >= 4 is 5.97 Å². The Labute approximate surface area is 63.9 Å². The van der Waals surface area contributed by atoms with Gasteiger partial charge in [0.05, 0.1) is 18.3 Å². The fraction of sp³-hybridized carbons (Fsp3) is 0.500. The maximum absolute atomic E-state index is 10.9. The Hall–Kier alpha value is -1.39. The molecule has 0 spiro atoms. The van der Waals surface area contributed by atoms with Gasteiger partial charge in [-0.2, -0.15) is 0 Å². The maximum Gasteiger partial charge on any atom is 0.337 e. The highest BCUT2D eigenvalue weighted by molar-refractivity contribution is 5.71. The zero-order valence-corrected chi connectivity index (χ0v) is 6.39. The van der Waals surface area contributed by atoms with Crippen LogP contribution in [0, 0.1) is 5.92 Å². The molecule has 1 heterocycles. The molecule has 0 aliphatic carbocycles.